The van der Waals surface area contributed by atoms with Crippen molar-refractivity contribution >= 4 is 23.9 Å². The van der Waals surface area contributed by atoms with Crippen molar-refractivity contribution < 1.29 is 14.1 Å². The van der Waals surface area contributed by atoms with Crippen LogP contribution in [0.1, 0.15) is 38.8 Å². The van der Waals surface area contributed by atoms with Gasteiger partial charge in [0.2, 0.25) is 0 Å². The van der Waals surface area contributed by atoms with E-state index >= 15 is 0 Å². The van der Waals surface area contributed by atoms with Crippen LogP contribution in [0.2, 0.25) is 0 Å². The predicted molar refractivity (Wildman–Crippen MR) is 79.9 cm³/mol. The number of carbonyl (C=O) groups excluding carboxylic acids is 1. The molecule has 3 rings (SSSR count). The minimum absolute atomic E-state index is 0.103. The van der Waals surface area contributed by atoms with Crippen molar-refractivity contribution in [1.29, 1.82) is 0 Å². The van der Waals surface area contributed by atoms with Crippen molar-refractivity contribution in [2.24, 2.45) is 0 Å². The quantitative estimate of drug-likeness (QED) is 0.579. The lowest BCUT2D eigenvalue weighted by Gasteiger charge is -2.32. The molecule has 1 aromatic carbocycles. The van der Waals surface area contributed by atoms with Crippen LogP contribution < -0.4 is 5.46 Å². The Bertz CT molecular complexity index is 600. The molecule has 0 N–H and O–H groups in total. The lowest BCUT2D eigenvalue weighted by molar-refractivity contribution is -0.112. The topological polar surface area (TPSA) is 35.5 Å². The molecule has 1 fully saturated rings. The number of allylic oxidation sites excluding steroid dienone is 1. The summed E-state index contributed by atoms with van der Waals surface area (Å²) in [5.41, 5.74) is 2.80. The number of ketones is 1. The fourth-order valence-electron chi connectivity index (χ4n) is 2.58. The average Bonchev–Trinajstić information content (AvgIpc) is 2.74. The number of hydrogen-bond donors (Lipinski definition) is 0. The molecule has 0 saturated carbocycles. The van der Waals surface area contributed by atoms with Gasteiger partial charge in [0.15, 0.2) is 5.78 Å². The molecular formula is C16H19BO3. The molecule has 1 aliphatic carbocycles. The van der Waals surface area contributed by atoms with Crippen molar-refractivity contribution in [3.63, 3.8) is 0 Å². The number of Topliss-reactive ketones (excluding diaryl/α,β-unsaturated/α-hetero) is 1. The Morgan fingerprint density at radius 1 is 1.15 bits per heavy atom. The van der Waals surface area contributed by atoms with Gasteiger partial charge in [0.25, 0.3) is 0 Å². The monoisotopic (exact) mass is 270 g/mol. The Kier molecular flexibility index (Phi) is 2.76. The largest absolute Gasteiger partial charge is 0.494 e. The zero-order valence-corrected chi connectivity index (χ0v) is 12.4. The molecule has 0 aromatic heterocycles. The van der Waals surface area contributed by atoms with Gasteiger partial charge in [-0.3, -0.25) is 4.79 Å². The third-order valence-corrected chi connectivity index (χ3v) is 4.67. The van der Waals surface area contributed by atoms with Gasteiger partial charge in [-0.2, -0.15) is 0 Å². The second-order valence-electron chi connectivity index (χ2n) is 6.58. The van der Waals surface area contributed by atoms with Crippen LogP contribution in [0.25, 0.3) is 5.57 Å². The van der Waals surface area contributed by atoms with Crippen LogP contribution in [0.15, 0.2) is 24.8 Å². The second-order valence-corrected chi connectivity index (χ2v) is 6.58. The van der Waals surface area contributed by atoms with Crippen LogP contribution in [0.5, 0.6) is 0 Å². The van der Waals surface area contributed by atoms with Crippen LogP contribution in [0, 0.1) is 0 Å². The highest BCUT2D eigenvalue weighted by molar-refractivity contribution is 6.62. The Hall–Kier alpha value is -1.39. The molecule has 1 aromatic rings. The number of hydrogen-bond acceptors (Lipinski definition) is 3. The highest BCUT2D eigenvalue weighted by Gasteiger charge is 2.51. The van der Waals surface area contributed by atoms with Gasteiger partial charge in [-0.25, -0.2) is 0 Å². The zero-order valence-electron chi connectivity index (χ0n) is 12.4. The summed E-state index contributed by atoms with van der Waals surface area (Å²) in [7, 11) is -0.395. The van der Waals surface area contributed by atoms with E-state index in [1.807, 2.05) is 45.9 Å². The second kappa shape index (κ2) is 4.06. The van der Waals surface area contributed by atoms with E-state index in [1.165, 1.54) is 0 Å². The molecule has 1 saturated heterocycles. The van der Waals surface area contributed by atoms with Gasteiger partial charge in [-0.15, -0.1) is 0 Å². The SMILES string of the molecule is C=C1C(=O)Cc2ccc(B3OC(C)(C)C(C)(C)O3)cc21. The molecule has 1 heterocycles. The minimum atomic E-state index is -0.395. The van der Waals surface area contributed by atoms with Crippen LogP contribution in [0.4, 0.5) is 0 Å². The van der Waals surface area contributed by atoms with Crippen molar-refractivity contribution in [1.82, 2.24) is 0 Å². The van der Waals surface area contributed by atoms with E-state index < -0.39 is 7.12 Å². The standard InChI is InChI=1S/C16H19BO3/c1-10-13-9-12(7-6-11(13)8-14(10)18)17-19-15(2,3)16(4,5)20-17/h6-7,9H,1,8H2,2-5H3. The fraction of sp³-hybridized carbons (Fsp3) is 0.438. The maximum absolute atomic E-state index is 11.7. The van der Waals surface area contributed by atoms with Crippen LogP contribution in [-0.4, -0.2) is 24.1 Å². The molecule has 0 spiro atoms. The average molecular weight is 270 g/mol. The molecule has 104 valence electrons. The number of rotatable bonds is 1. The van der Waals surface area contributed by atoms with Crippen molar-refractivity contribution in [3.8, 4) is 0 Å². The third-order valence-electron chi connectivity index (χ3n) is 4.67. The van der Waals surface area contributed by atoms with E-state index in [4.69, 9.17) is 9.31 Å². The first-order valence-electron chi connectivity index (χ1n) is 6.92. The van der Waals surface area contributed by atoms with E-state index in [0.29, 0.717) is 12.0 Å². The predicted octanol–water partition coefficient (Wildman–Crippen LogP) is 2.12. The summed E-state index contributed by atoms with van der Waals surface area (Å²) < 4.78 is 12.1. The first kappa shape index (κ1) is 13.6. The molecule has 0 amide bonds. The summed E-state index contributed by atoms with van der Waals surface area (Å²) in [6.07, 6.45) is 0.456. The number of benzene rings is 1. The third kappa shape index (κ3) is 1.86. The Balaban J connectivity index is 1.95. The van der Waals surface area contributed by atoms with Crippen molar-refractivity contribution in [2.45, 2.75) is 45.3 Å². The smallest absolute Gasteiger partial charge is 0.399 e. The Morgan fingerprint density at radius 2 is 1.75 bits per heavy atom. The van der Waals surface area contributed by atoms with Crippen LogP contribution >= 0.6 is 0 Å². The number of fused-ring (bicyclic) bond motifs is 1. The minimum Gasteiger partial charge on any atom is -0.399 e. The Morgan fingerprint density at radius 3 is 2.35 bits per heavy atom. The highest BCUT2D eigenvalue weighted by atomic mass is 16.7. The highest BCUT2D eigenvalue weighted by Crippen LogP contribution is 2.37. The van der Waals surface area contributed by atoms with Crippen molar-refractivity contribution in [3.05, 3.63) is 35.9 Å². The fourth-order valence-corrected chi connectivity index (χ4v) is 2.58. The van der Waals surface area contributed by atoms with Gasteiger partial charge in [-0.05, 0) is 44.3 Å². The van der Waals surface area contributed by atoms with Crippen LogP contribution in [-0.2, 0) is 20.5 Å². The van der Waals surface area contributed by atoms with Gasteiger partial charge in [-0.1, -0.05) is 24.8 Å². The summed E-state index contributed by atoms with van der Waals surface area (Å²) in [4.78, 5) is 11.7. The Labute approximate surface area is 120 Å². The first-order valence-corrected chi connectivity index (χ1v) is 6.92. The van der Waals surface area contributed by atoms with Crippen LogP contribution in [0.3, 0.4) is 0 Å². The van der Waals surface area contributed by atoms with Gasteiger partial charge in [0, 0.05) is 12.0 Å². The molecule has 0 atom stereocenters. The lowest BCUT2D eigenvalue weighted by atomic mass is 9.77. The van der Waals surface area contributed by atoms with E-state index in [2.05, 4.69) is 6.58 Å². The van der Waals surface area contributed by atoms with E-state index in [1.54, 1.807) is 0 Å². The first-order chi connectivity index (χ1) is 9.21. The van der Waals surface area contributed by atoms with E-state index in [9.17, 15) is 4.79 Å². The van der Waals surface area contributed by atoms with Crippen molar-refractivity contribution in [2.75, 3.05) is 0 Å². The molecule has 4 heteroatoms. The van der Waals surface area contributed by atoms with Gasteiger partial charge >= 0.3 is 7.12 Å². The molecule has 0 bridgehead atoms. The molecule has 0 unspecified atom stereocenters. The zero-order chi connectivity index (χ0) is 14.7. The molecule has 1 aliphatic heterocycles. The summed E-state index contributed by atoms with van der Waals surface area (Å²) >= 11 is 0. The van der Waals surface area contributed by atoms with Gasteiger partial charge in [0.1, 0.15) is 0 Å². The summed E-state index contributed by atoms with van der Waals surface area (Å²) in [5, 5.41) is 0. The summed E-state index contributed by atoms with van der Waals surface area (Å²) in [6.45, 7) is 12.0. The maximum atomic E-state index is 11.7. The molecule has 0 radical (unpaired) electrons. The van der Waals surface area contributed by atoms with Gasteiger partial charge in [0.05, 0.1) is 11.2 Å². The maximum Gasteiger partial charge on any atom is 0.494 e. The number of carbonyl (C=O) groups is 1. The molecule has 2 aliphatic rings. The molecule has 3 nitrogen and oxygen atoms in total. The molecule has 20 heavy (non-hydrogen) atoms. The summed E-state index contributed by atoms with van der Waals surface area (Å²) in [5.74, 6) is 0.103. The lowest BCUT2D eigenvalue weighted by Crippen LogP contribution is -2.41. The van der Waals surface area contributed by atoms with Gasteiger partial charge < -0.3 is 9.31 Å². The normalized spacial score (nSPS) is 23.3. The van der Waals surface area contributed by atoms with E-state index in [0.717, 1.165) is 16.6 Å². The van der Waals surface area contributed by atoms with E-state index in [-0.39, 0.29) is 17.0 Å². The summed E-state index contributed by atoms with van der Waals surface area (Å²) in [6, 6.07) is 5.93. The molecular weight excluding hydrogens is 251 g/mol.